The van der Waals surface area contributed by atoms with E-state index in [1.165, 1.54) is 28.8 Å². The molecular formula is C14H13FN2O2. The number of aromatic nitrogens is 2. The zero-order valence-electron chi connectivity index (χ0n) is 10.7. The van der Waals surface area contributed by atoms with Crippen molar-refractivity contribution in [2.24, 2.45) is 0 Å². The average molecular weight is 260 g/mol. The summed E-state index contributed by atoms with van der Waals surface area (Å²) in [5, 5.41) is 0. The van der Waals surface area contributed by atoms with Gasteiger partial charge >= 0.3 is 5.69 Å². The number of ketones is 1. The van der Waals surface area contributed by atoms with Gasteiger partial charge in [-0.1, -0.05) is 0 Å². The van der Waals surface area contributed by atoms with E-state index in [1.54, 1.807) is 19.9 Å². The third kappa shape index (κ3) is 2.93. The normalized spacial score (nSPS) is 10.5. The van der Waals surface area contributed by atoms with Crippen LogP contribution < -0.4 is 5.69 Å². The van der Waals surface area contributed by atoms with E-state index in [-0.39, 0.29) is 12.3 Å². The molecule has 5 heteroatoms. The standard InChI is InChI=1S/C14H13FN2O2/c1-9-7-10(2)17(14(19)16-9)8-13(18)11-3-5-12(15)6-4-11/h3-7H,8H2,1-2H3. The van der Waals surface area contributed by atoms with Gasteiger partial charge in [-0.25, -0.2) is 9.18 Å². The fourth-order valence-corrected chi connectivity index (χ4v) is 1.84. The predicted octanol–water partition coefficient (Wildman–Crippen LogP) is 1.88. The molecule has 0 unspecified atom stereocenters. The lowest BCUT2D eigenvalue weighted by Crippen LogP contribution is -2.28. The monoisotopic (exact) mass is 260 g/mol. The second-order valence-corrected chi connectivity index (χ2v) is 4.34. The van der Waals surface area contributed by atoms with E-state index in [2.05, 4.69) is 4.98 Å². The number of halogens is 1. The molecule has 4 nitrogen and oxygen atoms in total. The minimum absolute atomic E-state index is 0.0937. The molecule has 1 aromatic heterocycles. The van der Waals surface area contributed by atoms with Gasteiger partial charge in [-0.3, -0.25) is 9.36 Å². The molecule has 0 aliphatic rings. The average Bonchev–Trinajstić information content (AvgIpc) is 2.34. The van der Waals surface area contributed by atoms with Crippen molar-refractivity contribution >= 4 is 5.78 Å². The molecule has 2 rings (SSSR count). The van der Waals surface area contributed by atoms with Crippen LogP contribution in [-0.4, -0.2) is 15.3 Å². The summed E-state index contributed by atoms with van der Waals surface area (Å²) in [5.74, 6) is -0.655. The largest absolute Gasteiger partial charge is 0.348 e. The van der Waals surface area contributed by atoms with Crippen molar-refractivity contribution in [3.8, 4) is 0 Å². The van der Waals surface area contributed by atoms with Crippen LogP contribution in [0.3, 0.4) is 0 Å². The van der Waals surface area contributed by atoms with E-state index in [9.17, 15) is 14.0 Å². The first-order valence-electron chi connectivity index (χ1n) is 5.81. The summed E-state index contributed by atoms with van der Waals surface area (Å²) in [5.41, 5.74) is 1.21. The van der Waals surface area contributed by atoms with E-state index < -0.39 is 11.5 Å². The highest BCUT2D eigenvalue weighted by Crippen LogP contribution is 2.06. The molecule has 0 atom stereocenters. The van der Waals surface area contributed by atoms with Crippen LogP contribution in [0.5, 0.6) is 0 Å². The third-order valence-electron chi connectivity index (χ3n) is 2.81. The van der Waals surface area contributed by atoms with Crippen LogP contribution in [0.1, 0.15) is 21.7 Å². The van der Waals surface area contributed by atoms with Crippen molar-refractivity contribution in [2.45, 2.75) is 20.4 Å². The van der Waals surface area contributed by atoms with Crippen LogP contribution >= 0.6 is 0 Å². The highest BCUT2D eigenvalue weighted by Gasteiger charge is 2.10. The van der Waals surface area contributed by atoms with E-state index in [4.69, 9.17) is 0 Å². The van der Waals surface area contributed by atoms with Gasteiger partial charge in [-0.2, -0.15) is 4.98 Å². The van der Waals surface area contributed by atoms with Crippen molar-refractivity contribution in [3.63, 3.8) is 0 Å². The van der Waals surface area contributed by atoms with E-state index in [0.29, 0.717) is 17.0 Å². The minimum atomic E-state index is -0.451. The maximum Gasteiger partial charge on any atom is 0.348 e. The quantitative estimate of drug-likeness (QED) is 0.792. The fraction of sp³-hybridized carbons (Fsp3) is 0.214. The maximum atomic E-state index is 12.8. The van der Waals surface area contributed by atoms with Gasteiger partial charge in [0.15, 0.2) is 5.78 Å². The van der Waals surface area contributed by atoms with E-state index >= 15 is 0 Å². The Balaban J connectivity index is 2.29. The molecule has 0 radical (unpaired) electrons. The molecule has 1 aromatic carbocycles. The molecule has 0 fully saturated rings. The summed E-state index contributed by atoms with van der Waals surface area (Å²) in [6, 6.07) is 6.98. The van der Waals surface area contributed by atoms with E-state index in [0.717, 1.165) is 0 Å². The van der Waals surface area contributed by atoms with E-state index in [1.807, 2.05) is 0 Å². The van der Waals surface area contributed by atoms with Crippen LogP contribution in [0.25, 0.3) is 0 Å². The molecule has 0 aliphatic carbocycles. The van der Waals surface area contributed by atoms with Crippen LogP contribution in [0.2, 0.25) is 0 Å². The lowest BCUT2D eigenvalue weighted by Gasteiger charge is -2.08. The smallest absolute Gasteiger partial charge is 0.292 e. The number of Topliss-reactive ketones (excluding diaryl/α,β-unsaturated/α-hetero) is 1. The SMILES string of the molecule is Cc1cc(C)n(CC(=O)c2ccc(F)cc2)c(=O)n1. The molecular weight excluding hydrogens is 247 g/mol. The topological polar surface area (TPSA) is 52.0 Å². The van der Waals surface area contributed by atoms with Gasteiger partial charge in [-0.15, -0.1) is 0 Å². The first-order valence-corrected chi connectivity index (χ1v) is 5.81. The molecule has 0 saturated carbocycles. The lowest BCUT2D eigenvalue weighted by atomic mass is 10.1. The van der Waals surface area contributed by atoms with Gasteiger partial charge in [0.25, 0.3) is 0 Å². The number of rotatable bonds is 3. The highest BCUT2D eigenvalue weighted by atomic mass is 19.1. The van der Waals surface area contributed by atoms with Gasteiger partial charge in [0.05, 0.1) is 6.54 Å². The second kappa shape index (κ2) is 5.14. The van der Waals surface area contributed by atoms with Crippen molar-refractivity contribution in [1.29, 1.82) is 0 Å². The molecule has 1 heterocycles. The molecule has 0 spiro atoms. The Hall–Kier alpha value is -2.30. The summed E-state index contributed by atoms with van der Waals surface area (Å²) in [7, 11) is 0. The fourth-order valence-electron chi connectivity index (χ4n) is 1.84. The first kappa shape index (κ1) is 13.1. The molecule has 0 N–H and O–H groups in total. The van der Waals surface area contributed by atoms with Gasteiger partial charge in [0.2, 0.25) is 0 Å². The Morgan fingerprint density at radius 1 is 1.26 bits per heavy atom. The van der Waals surface area contributed by atoms with Crippen molar-refractivity contribution in [1.82, 2.24) is 9.55 Å². The summed E-state index contributed by atoms with van der Waals surface area (Å²) in [6.45, 7) is 3.37. The number of carbonyl (C=O) groups excluding carboxylic acids is 1. The Morgan fingerprint density at radius 3 is 2.47 bits per heavy atom. The van der Waals surface area contributed by atoms with Crippen molar-refractivity contribution in [3.05, 3.63) is 63.6 Å². The lowest BCUT2D eigenvalue weighted by molar-refractivity contribution is 0.0969. The highest BCUT2D eigenvalue weighted by molar-refractivity contribution is 5.95. The third-order valence-corrected chi connectivity index (χ3v) is 2.81. The number of benzene rings is 1. The Bertz CT molecular complexity index is 675. The number of aryl methyl sites for hydroxylation is 2. The predicted molar refractivity (Wildman–Crippen MR) is 68.7 cm³/mol. The molecule has 0 saturated heterocycles. The molecule has 2 aromatic rings. The zero-order chi connectivity index (χ0) is 14.0. The molecule has 0 bridgehead atoms. The van der Waals surface area contributed by atoms with Gasteiger partial charge < -0.3 is 0 Å². The molecule has 0 aliphatic heterocycles. The number of hydrogen-bond donors (Lipinski definition) is 0. The van der Waals surface area contributed by atoms with Crippen molar-refractivity contribution < 1.29 is 9.18 Å². The molecule has 0 amide bonds. The van der Waals surface area contributed by atoms with Crippen LogP contribution in [-0.2, 0) is 6.54 Å². The summed E-state index contributed by atoms with van der Waals surface area (Å²) in [4.78, 5) is 27.5. The van der Waals surface area contributed by atoms with Crippen molar-refractivity contribution in [2.75, 3.05) is 0 Å². The van der Waals surface area contributed by atoms with Crippen LogP contribution in [0.4, 0.5) is 4.39 Å². The second-order valence-electron chi connectivity index (χ2n) is 4.34. The molecule has 98 valence electrons. The van der Waals surface area contributed by atoms with Gasteiger partial charge in [-0.05, 0) is 44.2 Å². The summed E-state index contributed by atoms with van der Waals surface area (Å²) < 4.78 is 14.1. The summed E-state index contributed by atoms with van der Waals surface area (Å²) in [6.07, 6.45) is 0. The maximum absolute atomic E-state index is 12.8. The molecule has 19 heavy (non-hydrogen) atoms. The number of nitrogens with zero attached hydrogens (tertiary/aromatic N) is 2. The number of hydrogen-bond acceptors (Lipinski definition) is 3. The summed E-state index contributed by atoms with van der Waals surface area (Å²) >= 11 is 0. The van der Waals surface area contributed by atoms with Gasteiger partial charge in [0, 0.05) is 17.0 Å². The van der Waals surface area contributed by atoms with Crippen LogP contribution in [0.15, 0.2) is 35.1 Å². The Morgan fingerprint density at radius 2 is 1.89 bits per heavy atom. The van der Waals surface area contributed by atoms with Crippen LogP contribution in [0, 0.1) is 19.7 Å². The zero-order valence-corrected chi connectivity index (χ0v) is 10.7. The minimum Gasteiger partial charge on any atom is -0.292 e. The Kier molecular flexibility index (Phi) is 3.55. The number of carbonyl (C=O) groups is 1. The van der Waals surface area contributed by atoms with Gasteiger partial charge in [0.1, 0.15) is 5.82 Å². The Labute approximate surface area is 109 Å². The first-order chi connectivity index (χ1) is 8.97.